The summed E-state index contributed by atoms with van der Waals surface area (Å²) in [6.45, 7) is 0.989. The van der Waals surface area contributed by atoms with Crippen molar-refractivity contribution < 1.29 is 0 Å². The van der Waals surface area contributed by atoms with Crippen molar-refractivity contribution in [1.82, 2.24) is 9.97 Å². The number of anilines is 1. The minimum atomic E-state index is 0.749. The highest BCUT2D eigenvalue weighted by Crippen LogP contribution is 2.31. The molecule has 1 aliphatic carbocycles. The Morgan fingerprint density at radius 2 is 2.12 bits per heavy atom. The zero-order chi connectivity index (χ0) is 10.8. The molecule has 1 heterocycles. The molecular weight excluding hydrogens is 198 g/mol. The van der Waals surface area contributed by atoms with Gasteiger partial charge >= 0.3 is 0 Å². The first-order valence-corrected chi connectivity index (χ1v) is 5.87. The molecule has 82 valence electrons. The Labute approximate surface area is 94.9 Å². The quantitative estimate of drug-likeness (QED) is 0.848. The maximum atomic E-state index is 4.47. The number of hydrogen-bond acceptors (Lipinski definition) is 3. The SMILES string of the molecule is c1ccc2nc(NCCC3CC3)ncc2c1. The average molecular weight is 213 g/mol. The number of nitrogens with zero attached hydrogens (tertiary/aromatic N) is 2. The molecule has 1 fully saturated rings. The Kier molecular flexibility index (Phi) is 2.44. The van der Waals surface area contributed by atoms with Crippen molar-refractivity contribution in [2.45, 2.75) is 19.3 Å². The van der Waals surface area contributed by atoms with Crippen molar-refractivity contribution >= 4 is 16.9 Å². The molecule has 0 amide bonds. The fraction of sp³-hybridized carbons (Fsp3) is 0.385. The third-order valence-electron chi connectivity index (χ3n) is 3.02. The van der Waals surface area contributed by atoms with Gasteiger partial charge in [0.25, 0.3) is 0 Å². The zero-order valence-corrected chi connectivity index (χ0v) is 9.19. The molecule has 3 rings (SSSR count). The number of rotatable bonds is 4. The topological polar surface area (TPSA) is 37.8 Å². The molecule has 3 heteroatoms. The number of hydrogen-bond donors (Lipinski definition) is 1. The van der Waals surface area contributed by atoms with Crippen molar-refractivity contribution in [3.05, 3.63) is 30.5 Å². The molecule has 1 aromatic heterocycles. The van der Waals surface area contributed by atoms with Gasteiger partial charge in [0.2, 0.25) is 5.95 Å². The second-order valence-corrected chi connectivity index (χ2v) is 4.41. The van der Waals surface area contributed by atoms with Crippen LogP contribution in [0.3, 0.4) is 0 Å². The van der Waals surface area contributed by atoms with Gasteiger partial charge in [0.05, 0.1) is 5.52 Å². The fourth-order valence-corrected chi connectivity index (χ4v) is 1.85. The number of nitrogens with one attached hydrogen (secondary N) is 1. The molecule has 0 aliphatic heterocycles. The van der Waals surface area contributed by atoms with E-state index in [2.05, 4.69) is 15.3 Å². The van der Waals surface area contributed by atoms with Gasteiger partial charge < -0.3 is 5.32 Å². The van der Waals surface area contributed by atoms with Gasteiger partial charge in [-0.2, -0.15) is 0 Å². The van der Waals surface area contributed by atoms with Crippen LogP contribution >= 0.6 is 0 Å². The Hall–Kier alpha value is -1.64. The van der Waals surface area contributed by atoms with Crippen LogP contribution in [0.5, 0.6) is 0 Å². The summed E-state index contributed by atoms with van der Waals surface area (Å²) in [6.07, 6.45) is 5.93. The lowest BCUT2D eigenvalue weighted by Gasteiger charge is -2.04. The lowest BCUT2D eigenvalue weighted by Crippen LogP contribution is -2.05. The summed E-state index contributed by atoms with van der Waals surface area (Å²) in [5, 5.41) is 4.38. The van der Waals surface area contributed by atoms with E-state index >= 15 is 0 Å². The molecule has 0 radical (unpaired) electrons. The lowest BCUT2D eigenvalue weighted by molar-refractivity contribution is 0.756. The van der Waals surface area contributed by atoms with Crippen molar-refractivity contribution in [3.63, 3.8) is 0 Å². The van der Waals surface area contributed by atoms with Crippen molar-refractivity contribution in [1.29, 1.82) is 0 Å². The fourth-order valence-electron chi connectivity index (χ4n) is 1.85. The summed E-state index contributed by atoms with van der Waals surface area (Å²) in [4.78, 5) is 8.77. The number of fused-ring (bicyclic) bond motifs is 1. The normalized spacial score (nSPS) is 15.2. The van der Waals surface area contributed by atoms with Gasteiger partial charge in [-0.05, 0) is 18.4 Å². The molecule has 0 spiro atoms. The number of benzene rings is 1. The molecule has 1 aliphatic rings. The summed E-state index contributed by atoms with van der Waals surface area (Å²) < 4.78 is 0. The van der Waals surface area contributed by atoms with E-state index in [-0.39, 0.29) is 0 Å². The molecule has 0 unspecified atom stereocenters. The molecular formula is C13H15N3. The lowest BCUT2D eigenvalue weighted by atomic mass is 10.2. The van der Waals surface area contributed by atoms with Gasteiger partial charge in [-0.15, -0.1) is 0 Å². The maximum Gasteiger partial charge on any atom is 0.223 e. The van der Waals surface area contributed by atoms with Gasteiger partial charge in [0.1, 0.15) is 0 Å². The van der Waals surface area contributed by atoms with Gasteiger partial charge in [-0.1, -0.05) is 31.0 Å². The molecule has 16 heavy (non-hydrogen) atoms. The van der Waals surface area contributed by atoms with Crippen LogP contribution in [0.2, 0.25) is 0 Å². The van der Waals surface area contributed by atoms with Gasteiger partial charge in [0.15, 0.2) is 0 Å². The minimum Gasteiger partial charge on any atom is -0.354 e. The van der Waals surface area contributed by atoms with Crippen LogP contribution in [0.15, 0.2) is 30.5 Å². The molecule has 1 N–H and O–H groups in total. The van der Waals surface area contributed by atoms with E-state index in [4.69, 9.17) is 0 Å². The van der Waals surface area contributed by atoms with Crippen LogP contribution in [-0.2, 0) is 0 Å². The van der Waals surface area contributed by atoms with E-state index in [0.717, 1.165) is 29.3 Å². The first-order chi connectivity index (χ1) is 7.92. The molecule has 3 nitrogen and oxygen atoms in total. The first kappa shape index (κ1) is 9.58. The predicted molar refractivity (Wildman–Crippen MR) is 65.4 cm³/mol. The van der Waals surface area contributed by atoms with Crippen LogP contribution in [0.25, 0.3) is 10.9 Å². The van der Waals surface area contributed by atoms with Crippen molar-refractivity contribution in [2.24, 2.45) is 5.92 Å². The highest BCUT2D eigenvalue weighted by molar-refractivity contribution is 5.78. The van der Waals surface area contributed by atoms with Crippen LogP contribution in [0, 0.1) is 5.92 Å². The third-order valence-corrected chi connectivity index (χ3v) is 3.02. The highest BCUT2D eigenvalue weighted by atomic mass is 15.1. The van der Waals surface area contributed by atoms with Crippen LogP contribution in [0.1, 0.15) is 19.3 Å². The second-order valence-electron chi connectivity index (χ2n) is 4.41. The van der Waals surface area contributed by atoms with E-state index in [9.17, 15) is 0 Å². The third kappa shape index (κ3) is 2.13. The van der Waals surface area contributed by atoms with Gasteiger partial charge in [-0.3, -0.25) is 0 Å². The molecule has 0 atom stereocenters. The second kappa shape index (κ2) is 4.08. The smallest absolute Gasteiger partial charge is 0.223 e. The molecule has 0 bridgehead atoms. The molecule has 1 saturated carbocycles. The standard InChI is InChI=1S/C13H15N3/c1-2-4-12-11(3-1)9-15-13(16-12)14-8-7-10-5-6-10/h1-4,9-10H,5-8H2,(H,14,15,16). The summed E-state index contributed by atoms with van der Waals surface area (Å²) >= 11 is 0. The van der Waals surface area contributed by atoms with E-state index in [0.29, 0.717) is 0 Å². The average Bonchev–Trinajstić information content (AvgIpc) is 3.13. The molecule has 1 aromatic carbocycles. The zero-order valence-electron chi connectivity index (χ0n) is 9.19. The van der Waals surface area contributed by atoms with E-state index in [1.54, 1.807) is 0 Å². The summed E-state index contributed by atoms with van der Waals surface area (Å²) in [5.41, 5.74) is 1.01. The molecule has 0 saturated heterocycles. The Morgan fingerprint density at radius 1 is 1.25 bits per heavy atom. The summed E-state index contributed by atoms with van der Waals surface area (Å²) in [5.74, 6) is 1.70. The summed E-state index contributed by atoms with van der Waals surface area (Å²) in [7, 11) is 0. The monoisotopic (exact) mass is 213 g/mol. The van der Waals surface area contributed by atoms with E-state index < -0.39 is 0 Å². The van der Waals surface area contributed by atoms with Crippen LogP contribution in [-0.4, -0.2) is 16.5 Å². The minimum absolute atomic E-state index is 0.749. The highest BCUT2D eigenvalue weighted by Gasteiger charge is 2.20. The van der Waals surface area contributed by atoms with Crippen molar-refractivity contribution in [3.8, 4) is 0 Å². The Morgan fingerprint density at radius 3 is 3.00 bits per heavy atom. The first-order valence-electron chi connectivity index (χ1n) is 5.87. The number of para-hydroxylation sites is 1. The molecule has 2 aromatic rings. The van der Waals surface area contributed by atoms with Gasteiger partial charge in [0, 0.05) is 18.1 Å². The van der Waals surface area contributed by atoms with Gasteiger partial charge in [-0.25, -0.2) is 9.97 Å². The van der Waals surface area contributed by atoms with Crippen LogP contribution in [0.4, 0.5) is 5.95 Å². The largest absolute Gasteiger partial charge is 0.354 e. The summed E-state index contributed by atoms with van der Waals surface area (Å²) in [6, 6.07) is 8.06. The van der Waals surface area contributed by atoms with E-state index in [1.165, 1.54) is 19.3 Å². The van der Waals surface area contributed by atoms with Crippen molar-refractivity contribution in [2.75, 3.05) is 11.9 Å². The van der Waals surface area contributed by atoms with E-state index in [1.807, 2.05) is 30.5 Å². The Bertz CT molecular complexity index is 491. The predicted octanol–water partition coefficient (Wildman–Crippen LogP) is 2.84. The number of aromatic nitrogens is 2. The Balaban J connectivity index is 1.71. The maximum absolute atomic E-state index is 4.47. The van der Waals surface area contributed by atoms with Crippen LogP contribution < -0.4 is 5.32 Å².